The smallest absolute Gasteiger partial charge is 0.221 e. The average Bonchev–Trinajstić information content (AvgIpc) is 2.99. The van der Waals surface area contributed by atoms with E-state index >= 15 is 0 Å². The number of carbonyl (C=O) groups is 1. The SMILES string of the molecule is C[C@@H]1CNC(=O)CCN1Cc1ccc(-n2ccnc2)cc1. The lowest BCUT2D eigenvalue weighted by molar-refractivity contribution is -0.120. The van der Waals surface area contributed by atoms with Crippen LogP contribution in [0.4, 0.5) is 0 Å². The van der Waals surface area contributed by atoms with Crippen LogP contribution < -0.4 is 5.32 Å². The molecule has 1 aliphatic heterocycles. The second kappa shape index (κ2) is 6.10. The minimum Gasteiger partial charge on any atom is -0.355 e. The molecule has 0 bridgehead atoms. The zero-order valence-corrected chi connectivity index (χ0v) is 12.2. The number of hydrogen-bond acceptors (Lipinski definition) is 3. The van der Waals surface area contributed by atoms with E-state index in [-0.39, 0.29) is 5.91 Å². The summed E-state index contributed by atoms with van der Waals surface area (Å²) in [6.45, 7) is 4.58. The van der Waals surface area contributed by atoms with Gasteiger partial charge in [-0.05, 0) is 24.6 Å². The maximum Gasteiger partial charge on any atom is 0.221 e. The Balaban J connectivity index is 1.68. The molecule has 1 aliphatic rings. The van der Waals surface area contributed by atoms with Gasteiger partial charge in [-0.15, -0.1) is 0 Å². The first kappa shape index (κ1) is 13.8. The Labute approximate surface area is 124 Å². The number of aromatic nitrogens is 2. The molecule has 1 aromatic carbocycles. The van der Waals surface area contributed by atoms with Gasteiger partial charge in [0.25, 0.3) is 0 Å². The molecule has 1 atom stereocenters. The van der Waals surface area contributed by atoms with E-state index < -0.39 is 0 Å². The maximum absolute atomic E-state index is 11.5. The summed E-state index contributed by atoms with van der Waals surface area (Å²) in [6.07, 6.45) is 6.08. The highest BCUT2D eigenvalue weighted by molar-refractivity contribution is 5.76. The van der Waals surface area contributed by atoms with E-state index in [1.807, 2.05) is 10.8 Å². The standard InChI is InChI=1S/C16H20N4O/c1-13-10-18-16(21)6-8-19(13)11-14-2-4-15(5-3-14)20-9-7-17-12-20/h2-5,7,9,12-13H,6,8,10-11H2,1H3,(H,18,21)/t13-/m1/s1. The van der Waals surface area contributed by atoms with Crippen LogP contribution in [0.15, 0.2) is 43.0 Å². The minimum atomic E-state index is 0.153. The van der Waals surface area contributed by atoms with E-state index in [0.29, 0.717) is 12.5 Å². The fraction of sp³-hybridized carbons (Fsp3) is 0.375. The van der Waals surface area contributed by atoms with Gasteiger partial charge < -0.3 is 9.88 Å². The number of hydrogen-bond donors (Lipinski definition) is 1. The topological polar surface area (TPSA) is 50.2 Å². The van der Waals surface area contributed by atoms with Gasteiger partial charge in [0.1, 0.15) is 0 Å². The number of amides is 1. The average molecular weight is 284 g/mol. The van der Waals surface area contributed by atoms with Gasteiger partial charge in [0.15, 0.2) is 0 Å². The van der Waals surface area contributed by atoms with E-state index in [1.54, 1.807) is 12.5 Å². The summed E-state index contributed by atoms with van der Waals surface area (Å²) < 4.78 is 1.99. The lowest BCUT2D eigenvalue weighted by Crippen LogP contribution is -2.37. The molecule has 1 fully saturated rings. The summed E-state index contributed by atoms with van der Waals surface area (Å²) in [5.41, 5.74) is 2.37. The number of benzene rings is 1. The molecule has 0 unspecified atom stereocenters. The van der Waals surface area contributed by atoms with Gasteiger partial charge in [-0.25, -0.2) is 4.98 Å². The van der Waals surface area contributed by atoms with Crippen molar-refractivity contribution < 1.29 is 4.79 Å². The minimum absolute atomic E-state index is 0.153. The van der Waals surface area contributed by atoms with Crippen LogP contribution in [-0.2, 0) is 11.3 Å². The molecular weight excluding hydrogens is 264 g/mol. The van der Waals surface area contributed by atoms with Crippen molar-refractivity contribution in [2.45, 2.75) is 25.9 Å². The van der Waals surface area contributed by atoms with Crippen LogP contribution >= 0.6 is 0 Å². The third kappa shape index (κ3) is 3.31. The fourth-order valence-electron chi connectivity index (χ4n) is 2.60. The molecule has 1 amide bonds. The quantitative estimate of drug-likeness (QED) is 0.931. The van der Waals surface area contributed by atoms with Gasteiger partial charge >= 0.3 is 0 Å². The number of imidazole rings is 1. The van der Waals surface area contributed by atoms with Gasteiger partial charge in [-0.3, -0.25) is 9.69 Å². The molecule has 21 heavy (non-hydrogen) atoms. The first-order chi connectivity index (χ1) is 10.2. The van der Waals surface area contributed by atoms with E-state index in [9.17, 15) is 4.79 Å². The van der Waals surface area contributed by atoms with Crippen LogP contribution in [-0.4, -0.2) is 39.5 Å². The van der Waals surface area contributed by atoms with Crippen LogP contribution in [0.3, 0.4) is 0 Å². The molecule has 5 nitrogen and oxygen atoms in total. The first-order valence-electron chi connectivity index (χ1n) is 7.30. The molecule has 0 saturated carbocycles. The van der Waals surface area contributed by atoms with Gasteiger partial charge in [-0.1, -0.05) is 12.1 Å². The summed E-state index contributed by atoms with van der Waals surface area (Å²) in [5.74, 6) is 0.153. The molecule has 5 heteroatoms. The molecule has 3 rings (SSSR count). The molecule has 1 N–H and O–H groups in total. The van der Waals surface area contributed by atoms with Crippen molar-refractivity contribution in [1.29, 1.82) is 0 Å². The summed E-state index contributed by atoms with van der Waals surface area (Å²) >= 11 is 0. The zero-order chi connectivity index (χ0) is 14.7. The van der Waals surface area contributed by atoms with Crippen molar-refractivity contribution in [3.63, 3.8) is 0 Å². The van der Waals surface area contributed by atoms with Crippen molar-refractivity contribution >= 4 is 5.91 Å². The molecule has 0 spiro atoms. The Hall–Kier alpha value is -2.14. The molecule has 0 aliphatic carbocycles. The van der Waals surface area contributed by atoms with Gasteiger partial charge in [0.05, 0.1) is 6.33 Å². The molecule has 0 radical (unpaired) electrons. The number of carbonyl (C=O) groups excluding carboxylic acids is 1. The van der Waals surface area contributed by atoms with Gasteiger partial charge in [0.2, 0.25) is 5.91 Å². The Morgan fingerprint density at radius 3 is 2.86 bits per heavy atom. The number of rotatable bonds is 3. The predicted octanol–water partition coefficient (Wildman–Crippen LogP) is 1.58. The second-order valence-electron chi connectivity index (χ2n) is 5.51. The van der Waals surface area contributed by atoms with E-state index in [0.717, 1.165) is 25.3 Å². The normalized spacial score (nSPS) is 20.0. The third-order valence-electron chi connectivity index (χ3n) is 3.97. The number of nitrogens with one attached hydrogen (secondary N) is 1. The van der Waals surface area contributed by atoms with Crippen LogP contribution in [0.25, 0.3) is 5.69 Å². The number of nitrogens with zero attached hydrogens (tertiary/aromatic N) is 3. The fourth-order valence-corrected chi connectivity index (χ4v) is 2.60. The van der Waals surface area contributed by atoms with Crippen molar-refractivity contribution in [2.24, 2.45) is 0 Å². The summed E-state index contributed by atoms with van der Waals surface area (Å²) in [5, 5.41) is 2.95. The molecule has 2 aromatic rings. The van der Waals surface area contributed by atoms with E-state index in [2.05, 4.69) is 46.4 Å². The van der Waals surface area contributed by atoms with Crippen molar-refractivity contribution in [3.8, 4) is 5.69 Å². The summed E-state index contributed by atoms with van der Waals surface area (Å²) in [6, 6.07) is 8.85. The molecule has 2 heterocycles. The van der Waals surface area contributed by atoms with Crippen LogP contribution in [0.1, 0.15) is 18.9 Å². The van der Waals surface area contributed by atoms with Crippen molar-refractivity contribution in [2.75, 3.05) is 13.1 Å². The first-order valence-corrected chi connectivity index (χ1v) is 7.30. The monoisotopic (exact) mass is 284 g/mol. The highest BCUT2D eigenvalue weighted by Gasteiger charge is 2.19. The molecule has 1 aromatic heterocycles. The summed E-state index contributed by atoms with van der Waals surface area (Å²) in [4.78, 5) is 17.9. The lowest BCUT2D eigenvalue weighted by atomic mass is 10.1. The Morgan fingerprint density at radius 2 is 2.14 bits per heavy atom. The maximum atomic E-state index is 11.5. The van der Waals surface area contributed by atoms with Crippen molar-refractivity contribution in [1.82, 2.24) is 19.8 Å². The molecule has 110 valence electrons. The highest BCUT2D eigenvalue weighted by atomic mass is 16.1. The van der Waals surface area contributed by atoms with Crippen LogP contribution in [0.2, 0.25) is 0 Å². The Kier molecular flexibility index (Phi) is 4.01. The predicted molar refractivity (Wildman–Crippen MR) is 81.1 cm³/mol. The van der Waals surface area contributed by atoms with Crippen molar-refractivity contribution in [3.05, 3.63) is 48.5 Å². The molecular formula is C16H20N4O. The zero-order valence-electron chi connectivity index (χ0n) is 12.2. The van der Waals surface area contributed by atoms with Gasteiger partial charge in [-0.2, -0.15) is 0 Å². The Morgan fingerprint density at radius 1 is 1.33 bits per heavy atom. The van der Waals surface area contributed by atoms with E-state index in [4.69, 9.17) is 0 Å². The second-order valence-corrected chi connectivity index (χ2v) is 5.51. The highest BCUT2D eigenvalue weighted by Crippen LogP contribution is 2.14. The van der Waals surface area contributed by atoms with Crippen LogP contribution in [0, 0.1) is 0 Å². The summed E-state index contributed by atoms with van der Waals surface area (Å²) in [7, 11) is 0. The lowest BCUT2D eigenvalue weighted by Gasteiger charge is -2.26. The third-order valence-corrected chi connectivity index (χ3v) is 3.97. The Bertz CT molecular complexity index is 591. The largest absolute Gasteiger partial charge is 0.355 e. The van der Waals surface area contributed by atoms with Crippen LogP contribution in [0.5, 0.6) is 0 Å². The van der Waals surface area contributed by atoms with E-state index in [1.165, 1.54) is 5.56 Å². The van der Waals surface area contributed by atoms with Gasteiger partial charge in [0, 0.05) is 50.2 Å². The molecule has 1 saturated heterocycles.